The molecule has 2 N–H and O–H groups in total. The van der Waals surface area contributed by atoms with E-state index in [9.17, 15) is 0 Å². The van der Waals surface area contributed by atoms with E-state index in [0.717, 1.165) is 18.7 Å². The maximum absolute atomic E-state index is 9.08. The predicted molar refractivity (Wildman–Crippen MR) is 85.6 cm³/mol. The SMILES string of the molecule is CCCNC(c1ccccc1)C(SCCO)C(C)C. The summed E-state index contributed by atoms with van der Waals surface area (Å²) in [6, 6.07) is 11.0. The van der Waals surface area contributed by atoms with Gasteiger partial charge in [-0.3, -0.25) is 0 Å². The molecule has 1 aromatic carbocycles. The van der Waals surface area contributed by atoms with Crippen molar-refractivity contribution >= 4 is 11.8 Å². The van der Waals surface area contributed by atoms with Crippen LogP contribution in [0.15, 0.2) is 30.3 Å². The number of nitrogens with one attached hydrogen (secondary N) is 1. The lowest BCUT2D eigenvalue weighted by Gasteiger charge is -2.31. The van der Waals surface area contributed by atoms with Crippen LogP contribution in [-0.2, 0) is 0 Å². The van der Waals surface area contributed by atoms with Crippen molar-refractivity contribution in [1.82, 2.24) is 5.32 Å². The van der Waals surface area contributed by atoms with Gasteiger partial charge in [0, 0.05) is 17.0 Å². The molecule has 0 aliphatic rings. The third-order valence-corrected chi connectivity index (χ3v) is 4.78. The van der Waals surface area contributed by atoms with Gasteiger partial charge in [-0.25, -0.2) is 0 Å². The summed E-state index contributed by atoms with van der Waals surface area (Å²) in [6.07, 6.45) is 1.14. The lowest BCUT2D eigenvalue weighted by Crippen LogP contribution is -2.34. The van der Waals surface area contributed by atoms with E-state index in [4.69, 9.17) is 5.11 Å². The lowest BCUT2D eigenvalue weighted by atomic mass is 9.96. The highest BCUT2D eigenvalue weighted by molar-refractivity contribution is 7.99. The van der Waals surface area contributed by atoms with Gasteiger partial charge < -0.3 is 10.4 Å². The summed E-state index contributed by atoms with van der Waals surface area (Å²) in [5, 5.41) is 13.2. The minimum Gasteiger partial charge on any atom is -0.396 e. The molecule has 0 aliphatic heterocycles. The normalized spacial score (nSPS) is 14.6. The Kier molecular flexibility index (Phi) is 8.19. The molecular weight excluding hydrogens is 254 g/mol. The first-order chi connectivity index (χ1) is 9.20. The van der Waals surface area contributed by atoms with Crippen LogP contribution >= 0.6 is 11.8 Å². The number of benzene rings is 1. The maximum atomic E-state index is 9.08. The van der Waals surface area contributed by atoms with Crippen LogP contribution in [-0.4, -0.2) is 29.3 Å². The van der Waals surface area contributed by atoms with Gasteiger partial charge in [-0.05, 0) is 24.4 Å². The topological polar surface area (TPSA) is 32.3 Å². The highest BCUT2D eigenvalue weighted by Gasteiger charge is 2.25. The van der Waals surface area contributed by atoms with Crippen molar-refractivity contribution in [2.75, 3.05) is 18.9 Å². The fourth-order valence-corrected chi connectivity index (χ4v) is 3.45. The summed E-state index contributed by atoms with van der Waals surface area (Å²) in [7, 11) is 0. The number of aliphatic hydroxyl groups excluding tert-OH is 1. The van der Waals surface area contributed by atoms with E-state index >= 15 is 0 Å². The fourth-order valence-electron chi connectivity index (χ4n) is 2.25. The second-order valence-corrected chi connectivity index (χ2v) is 6.43. The van der Waals surface area contributed by atoms with Crippen molar-refractivity contribution in [3.8, 4) is 0 Å². The zero-order valence-electron chi connectivity index (χ0n) is 12.3. The van der Waals surface area contributed by atoms with Gasteiger partial charge >= 0.3 is 0 Å². The van der Waals surface area contributed by atoms with Crippen LogP contribution in [0.5, 0.6) is 0 Å². The largest absolute Gasteiger partial charge is 0.396 e. The summed E-state index contributed by atoms with van der Waals surface area (Å²) in [5.74, 6) is 1.38. The average molecular weight is 281 g/mol. The quantitative estimate of drug-likeness (QED) is 0.727. The smallest absolute Gasteiger partial charge is 0.0521 e. The van der Waals surface area contributed by atoms with Crippen molar-refractivity contribution in [2.45, 2.75) is 38.5 Å². The van der Waals surface area contributed by atoms with Crippen LogP contribution in [0.4, 0.5) is 0 Å². The minimum atomic E-state index is 0.253. The van der Waals surface area contributed by atoms with E-state index in [2.05, 4.69) is 56.4 Å². The number of hydrogen-bond donors (Lipinski definition) is 2. The molecule has 0 saturated carbocycles. The fraction of sp³-hybridized carbons (Fsp3) is 0.625. The van der Waals surface area contributed by atoms with Crippen LogP contribution in [0.25, 0.3) is 0 Å². The van der Waals surface area contributed by atoms with Crippen molar-refractivity contribution in [3.63, 3.8) is 0 Å². The molecule has 0 spiro atoms. The Hall–Kier alpha value is -0.510. The number of rotatable bonds is 9. The molecule has 1 rings (SSSR count). The zero-order valence-corrected chi connectivity index (χ0v) is 13.1. The molecule has 2 unspecified atom stereocenters. The molecule has 0 amide bonds. The Morgan fingerprint density at radius 1 is 1.21 bits per heavy atom. The van der Waals surface area contributed by atoms with E-state index in [-0.39, 0.29) is 6.61 Å². The third kappa shape index (κ3) is 5.55. The Balaban J connectivity index is 2.86. The van der Waals surface area contributed by atoms with E-state index in [0.29, 0.717) is 17.2 Å². The summed E-state index contributed by atoms with van der Waals surface area (Å²) < 4.78 is 0. The van der Waals surface area contributed by atoms with Gasteiger partial charge in [0.2, 0.25) is 0 Å². The van der Waals surface area contributed by atoms with Crippen molar-refractivity contribution in [3.05, 3.63) is 35.9 Å². The first kappa shape index (κ1) is 16.5. The molecule has 2 atom stereocenters. The molecule has 3 heteroatoms. The standard InChI is InChI=1S/C16H27NOS/c1-4-10-17-15(14-8-6-5-7-9-14)16(13(2)3)19-12-11-18/h5-9,13,15-18H,4,10-12H2,1-3H3. The maximum Gasteiger partial charge on any atom is 0.0521 e. The average Bonchev–Trinajstić information content (AvgIpc) is 2.43. The molecule has 0 saturated heterocycles. The molecule has 108 valence electrons. The van der Waals surface area contributed by atoms with Gasteiger partial charge in [0.1, 0.15) is 0 Å². The minimum absolute atomic E-state index is 0.253. The third-order valence-electron chi connectivity index (χ3n) is 3.16. The van der Waals surface area contributed by atoms with E-state index in [1.54, 1.807) is 0 Å². The number of aliphatic hydroxyl groups is 1. The van der Waals surface area contributed by atoms with Gasteiger partial charge in [0.25, 0.3) is 0 Å². The van der Waals surface area contributed by atoms with Crippen LogP contribution in [0, 0.1) is 5.92 Å². The van der Waals surface area contributed by atoms with Crippen molar-refractivity contribution < 1.29 is 5.11 Å². The van der Waals surface area contributed by atoms with E-state index in [1.807, 2.05) is 11.8 Å². The number of thioether (sulfide) groups is 1. The van der Waals surface area contributed by atoms with Gasteiger partial charge in [-0.2, -0.15) is 11.8 Å². The molecule has 0 heterocycles. The molecule has 19 heavy (non-hydrogen) atoms. The predicted octanol–water partition coefficient (Wildman–Crippen LogP) is 3.48. The van der Waals surface area contributed by atoms with Crippen molar-refractivity contribution in [1.29, 1.82) is 0 Å². The Labute approximate surface area is 122 Å². The number of hydrogen-bond acceptors (Lipinski definition) is 3. The highest BCUT2D eigenvalue weighted by Crippen LogP contribution is 2.32. The summed E-state index contributed by atoms with van der Waals surface area (Å²) in [5.41, 5.74) is 1.35. The van der Waals surface area contributed by atoms with Crippen molar-refractivity contribution in [2.24, 2.45) is 5.92 Å². The Morgan fingerprint density at radius 3 is 2.42 bits per heavy atom. The van der Waals surface area contributed by atoms with E-state index in [1.165, 1.54) is 5.56 Å². The van der Waals surface area contributed by atoms with Gasteiger partial charge in [-0.1, -0.05) is 51.1 Å². The summed E-state index contributed by atoms with van der Waals surface area (Å²) >= 11 is 1.87. The summed E-state index contributed by atoms with van der Waals surface area (Å²) in [6.45, 7) is 8.00. The zero-order chi connectivity index (χ0) is 14.1. The molecule has 0 aromatic heterocycles. The van der Waals surface area contributed by atoms with Gasteiger partial charge in [-0.15, -0.1) is 0 Å². The van der Waals surface area contributed by atoms with Crippen LogP contribution in [0.1, 0.15) is 38.8 Å². The molecule has 0 aliphatic carbocycles. The Morgan fingerprint density at radius 2 is 1.89 bits per heavy atom. The first-order valence-electron chi connectivity index (χ1n) is 7.21. The lowest BCUT2D eigenvalue weighted by molar-refractivity contribution is 0.321. The molecule has 2 nitrogen and oxygen atoms in total. The molecule has 0 fully saturated rings. The van der Waals surface area contributed by atoms with Gasteiger partial charge in [0.15, 0.2) is 0 Å². The second-order valence-electron chi connectivity index (χ2n) is 5.15. The molecule has 0 radical (unpaired) electrons. The second kappa shape index (κ2) is 9.40. The van der Waals surface area contributed by atoms with Crippen LogP contribution < -0.4 is 5.32 Å². The van der Waals surface area contributed by atoms with Crippen LogP contribution in [0.2, 0.25) is 0 Å². The monoisotopic (exact) mass is 281 g/mol. The van der Waals surface area contributed by atoms with Gasteiger partial charge in [0.05, 0.1) is 6.61 Å². The molecule has 1 aromatic rings. The summed E-state index contributed by atoms with van der Waals surface area (Å²) in [4.78, 5) is 0. The Bertz CT molecular complexity index is 329. The van der Waals surface area contributed by atoms with Crippen LogP contribution in [0.3, 0.4) is 0 Å². The first-order valence-corrected chi connectivity index (χ1v) is 8.26. The molecular formula is C16H27NOS. The highest BCUT2D eigenvalue weighted by atomic mass is 32.2. The van der Waals surface area contributed by atoms with E-state index < -0.39 is 0 Å². The molecule has 0 bridgehead atoms.